The third kappa shape index (κ3) is 4.08. The lowest BCUT2D eigenvalue weighted by molar-refractivity contribution is 0.0134. The van der Waals surface area contributed by atoms with E-state index in [-0.39, 0.29) is 5.97 Å². The Morgan fingerprint density at radius 1 is 1.19 bits per heavy atom. The van der Waals surface area contributed by atoms with E-state index in [1.807, 2.05) is 30.3 Å². The molecule has 1 atom stereocenters. The second-order valence-electron chi connectivity index (χ2n) is 7.41. The fourth-order valence-electron chi connectivity index (χ4n) is 3.80. The van der Waals surface area contributed by atoms with Crippen molar-refractivity contribution in [3.63, 3.8) is 0 Å². The summed E-state index contributed by atoms with van der Waals surface area (Å²) in [5.41, 5.74) is 2.48. The molecule has 6 nitrogen and oxygen atoms in total. The molecular weight excluding hydrogens is 344 g/mol. The zero-order chi connectivity index (χ0) is 18.8. The highest BCUT2D eigenvalue weighted by atomic mass is 16.5. The van der Waals surface area contributed by atoms with Crippen molar-refractivity contribution in [1.29, 1.82) is 0 Å². The van der Waals surface area contributed by atoms with E-state index in [0.717, 1.165) is 62.0 Å². The predicted octanol–water partition coefficient (Wildman–Crippen LogP) is 2.77. The normalized spacial score (nSPS) is 18.6. The van der Waals surface area contributed by atoms with E-state index in [1.54, 1.807) is 0 Å². The molecular formula is C21H26N2O4. The quantitative estimate of drug-likeness (QED) is 0.729. The van der Waals surface area contributed by atoms with Crippen LogP contribution in [0.5, 0.6) is 0 Å². The minimum absolute atomic E-state index is 0.254. The Labute approximate surface area is 159 Å². The largest absolute Gasteiger partial charge is 0.460 e. The first kappa shape index (κ1) is 18.2. The van der Waals surface area contributed by atoms with Crippen LogP contribution in [0.3, 0.4) is 0 Å². The van der Waals surface area contributed by atoms with Gasteiger partial charge in [-0.25, -0.2) is 4.79 Å². The van der Waals surface area contributed by atoms with E-state index in [1.165, 1.54) is 0 Å². The summed E-state index contributed by atoms with van der Waals surface area (Å²) in [4.78, 5) is 16.5. The van der Waals surface area contributed by atoms with E-state index in [4.69, 9.17) is 13.9 Å². The topological polar surface area (TPSA) is 55.2 Å². The van der Waals surface area contributed by atoms with E-state index in [0.29, 0.717) is 18.2 Å². The number of rotatable bonds is 6. The molecule has 0 bridgehead atoms. The van der Waals surface area contributed by atoms with Gasteiger partial charge in [0.25, 0.3) is 0 Å². The van der Waals surface area contributed by atoms with Crippen molar-refractivity contribution < 1.29 is 18.7 Å². The highest BCUT2D eigenvalue weighted by Crippen LogP contribution is 2.28. The van der Waals surface area contributed by atoms with E-state index >= 15 is 0 Å². The SMILES string of the molecule is CC(CN(C)Cc1ccc(-c2ccc3c(c2)C(=O)OC3)o1)N1CCOCC1. The Morgan fingerprint density at radius 2 is 2.00 bits per heavy atom. The minimum atomic E-state index is -0.254. The number of ether oxygens (including phenoxy) is 2. The number of esters is 1. The van der Waals surface area contributed by atoms with Crippen molar-refractivity contribution in [3.05, 3.63) is 47.2 Å². The van der Waals surface area contributed by atoms with Crippen LogP contribution in [0.4, 0.5) is 0 Å². The third-order valence-electron chi connectivity index (χ3n) is 5.31. The van der Waals surface area contributed by atoms with Crippen LogP contribution >= 0.6 is 0 Å². The summed E-state index contributed by atoms with van der Waals surface area (Å²) in [5, 5.41) is 0. The number of fused-ring (bicyclic) bond motifs is 1. The van der Waals surface area contributed by atoms with Crippen molar-refractivity contribution in [1.82, 2.24) is 9.80 Å². The van der Waals surface area contributed by atoms with Gasteiger partial charge in [0.2, 0.25) is 0 Å². The summed E-state index contributed by atoms with van der Waals surface area (Å²) in [6.07, 6.45) is 0. The monoisotopic (exact) mass is 370 g/mol. The van der Waals surface area contributed by atoms with Crippen LogP contribution in [0.25, 0.3) is 11.3 Å². The zero-order valence-corrected chi connectivity index (χ0v) is 15.9. The van der Waals surface area contributed by atoms with Gasteiger partial charge >= 0.3 is 5.97 Å². The van der Waals surface area contributed by atoms with E-state index in [9.17, 15) is 4.79 Å². The summed E-state index contributed by atoms with van der Waals surface area (Å²) in [5.74, 6) is 1.45. The molecule has 1 unspecified atom stereocenters. The molecule has 0 spiro atoms. The molecule has 27 heavy (non-hydrogen) atoms. The molecule has 6 heteroatoms. The summed E-state index contributed by atoms with van der Waals surface area (Å²) in [7, 11) is 2.12. The van der Waals surface area contributed by atoms with Gasteiger partial charge in [0.1, 0.15) is 18.1 Å². The van der Waals surface area contributed by atoms with Crippen LogP contribution in [-0.2, 0) is 22.6 Å². The molecule has 2 aliphatic rings. The minimum Gasteiger partial charge on any atom is -0.460 e. The number of hydrogen-bond donors (Lipinski definition) is 0. The molecule has 0 saturated carbocycles. The lowest BCUT2D eigenvalue weighted by Crippen LogP contribution is -2.46. The number of carbonyl (C=O) groups is 1. The molecule has 1 fully saturated rings. The fraction of sp³-hybridized carbons (Fsp3) is 0.476. The highest BCUT2D eigenvalue weighted by Gasteiger charge is 2.22. The van der Waals surface area contributed by atoms with Gasteiger partial charge in [-0.3, -0.25) is 9.80 Å². The highest BCUT2D eigenvalue weighted by molar-refractivity contribution is 5.94. The van der Waals surface area contributed by atoms with Crippen LogP contribution < -0.4 is 0 Å². The molecule has 144 valence electrons. The number of benzene rings is 1. The molecule has 0 radical (unpaired) electrons. The van der Waals surface area contributed by atoms with Crippen molar-refractivity contribution in [2.24, 2.45) is 0 Å². The maximum Gasteiger partial charge on any atom is 0.338 e. The first-order valence-electron chi connectivity index (χ1n) is 9.49. The Hall–Kier alpha value is -2.15. The van der Waals surface area contributed by atoms with Crippen LogP contribution in [-0.4, -0.2) is 61.7 Å². The Kier molecular flexibility index (Phi) is 5.29. The number of furan rings is 1. The van der Waals surface area contributed by atoms with Gasteiger partial charge in [0, 0.05) is 36.8 Å². The summed E-state index contributed by atoms with van der Waals surface area (Å²) in [6.45, 7) is 8.00. The molecule has 0 N–H and O–H groups in total. The Morgan fingerprint density at radius 3 is 2.81 bits per heavy atom. The van der Waals surface area contributed by atoms with E-state index < -0.39 is 0 Å². The lowest BCUT2D eigenvalue weighted by Gasteiger charge is -2.34. The molecule has 1 aromatic heterocycles. The average Bonchev–Trinajstić information content (AvgIpc) is 3.29. The third-order valence-corrected chi connectivity index (χ3v) is 5.31. The number of morpholine rings is 1. The summed E-state index contributed by atoms with van der Waals surface area (Å²) < 4.78 is 16.5. The van der Waals surface area contributed by atoms with E-state index in [2.05, 4.69) is 23.8 Å². The van der Waals surface area contributed by atoms with Crippen LogP contribution in [0.1, 0.15) is 28.6 Å². The predicted molar refractivity (Wildman–Crippen MR) is 101 cm³/mol. The molecule has 3 heterocycles. The average molecular weight is 370 g/mol. The first-order valence-corrected chi connectivity index (χ1v) is 9.49. The molecule has 2 aliphatic heterocycles. The smallest absolute Gasteiger partial charge is 0.338 e. The zero-order valence-electron chi connectivity index (χ0n) is 15.9. The number of likely N-dealkylation sites (N-methyl/N-ethyl adjacent to an activating group) is 1. The number of nitrogens with zero attached hydrogens (tertiary/aromatic N) is 2. The lowest BCUT2D eigenvalue weighted by atomic mass is 10.0. The van der Waals surface area contributed by atoms with Crippen molar-refractivity contribution >= 4 is 5.97 Å². The van der Waals surface area contributed by atoms with Crippen molar-refractivity contribution in [2.75, 3.05) is 39.9 Å². The standard InChI is InChI=1S/C21H26N2O4/c1-15(23-7-9-25-10-8-23)12-22(2)13-18-5-6-20(27-18)16-3-4-17-14-26-21(24)19(17)11-16/h3-6,11,15H,7-10,12-14H2,1-2H3. The maximum atomic E-state index is 11.8. The Bertz CT molecular complexity index is 810. The molecule has 2 aromatic rings. The summed E-state index contributed by atoms with van der Waals surface area (Å²) in [6, 6.07) is 10.2. The first-order chi connectivity index (χ1) is 13.1. The molecule has 0 amide bonds. The molecule has 1 saturated heterocycles. The number of cyclic esters (lactones) is 1. The molecule has 0 aliphatic carbocycles. The van der Waals surface area contributed by atoms with Crippen LogP contribution in [0.15, 0.2) is 34.7 Å². The van der Waals surface area contributed by atoms with Gasteiger partial charge in [-0.1, -0.05) is 12.1 Å². The van der Waals surface area contributed by atoms with Crippen molar-refractivity contribution in [2.45, 2.75) is 26.1 Å². The number of hydrogen-bond acceptors (Lipinski definition) is 6. The van der Waals surface area contributed by atoms with Crippen LogP contribution in [0, 0.1) is 0 Å². The number of carbonyl (C=O) groups excluding carboxylic acids is 1. The molecule has 4 rings (SSSR count). The second-order valence-corrected chi connectivity index (χ2v) is 7.41. The van der Waals surface area contributed by atoms with Gasteiger partial charge in [0.05, 0.1) is 25.3 Å². The van der Waals surface area contributed by atoms with Crippen LogP contribution in [0.2, 0.25) is 0 Å². The Balaban J connectivity index is 1.38. The molecule has 1 aromatic carbocycles. The van der Waals surface area contributed by atoms with Gasteiger partial charge < -0.3 is 13.9 Å². The van der Waals surface area contributed by atoms with Crippen molar-refractivity contribution in [3.8, 4) is 11.3 Å². The maximum absolute atomic E-state index is 11.8. The fourth-order valence-corrected chi connectivity index (χ4v) is 3.80. The second kappa shape index (κ2) is 7.84. The van der Waals surface area contributed by atoms with Gasteiger partial charge in [-0.15, -0.1) is 0 Å². The van der Waals surface area contributed by atoms with Gasteiger partial charge in [0.15, 0.2) is 0 Å². The van der Waals surface area contributed by atoms with Gasteiger partial charge in [-0.05, 0) is 32.2 Å². The van der Waals surface area contributed by atoms with Gasteiger partial charge in [-0.2, -0.15) is 0 Å². The summed E-state index contributed by atoms with van der Waals surface area (Å²) >= 11 is 0.